The van der Waals surface area contributed by atoms with Crippen molar-refractivity contribution in [1.29, 1.82) is 0 Å². The van der Waals surface area contributed by atoms with Gasteiger partial charge in [-0.25, -0.2) is 13.6 Å². The van der Waals surface area contributed by atoms with Crippen LogP contribution >= 0.6 is 11.8 Å². The van der Waals surface area contributed by atoms with Crippen LogP contribution in [0.5, 0.6) is 0 Å². The lowest BCUT2D eigenvalue weighted by Crippen LogP contribution is -2.19. The van der Waals surface area contributed by atoms with Crippen LogP contribution in [0, 0.1) is 0 Å². The van der Waals surface area contributed by atoms with Crippen molar-refractivity contribution in [3.63, 3.8) is 0 Å². The molecule has 0 atom stereocenters. The smallest absolute Gasteiger partial charge is 0.275 e. The summed E-state index contributed by atoms with van der Waals surface area (Å²) in [5, 5.41) is 7.96. The summed E-state index contributed by atoms with van der Waals surface area (Å²) in [6.45, 7) is 0. The van der Waals surface area contributed by atoms with Gasteiger partial charge < -0.3 is 11.1 Å². The van der Waals surface area contributed by atoms with Crippen molar-refractivity contribution in [3.8, 4) is 5.69 Å². The largest absolute Gasteiger partial charge is 0.385 e. The molecule has 3 rings (SSSR count). The minimum atomic E-state index is -3.80. The lowest BCUT2D eigenvalue weighted by Gasteiger charge is -2.14. The highest BCUT2D eigenvalue weighted by atomic mass is 32.2. The van der Waals surface area contributed by atoms with Gasteiger partial charge in [0.25, 0.3) is 5.56 Å². The fourth-order valence-electron chi connectivity index (χ4n) is 2.47. The van der Waals surface area contributed by atoms with Crippen molar-refractivity contribution < 1.29 is 13.2 Å². The molecule has 2 aromatic carbocycles. The summed E-state index contributed by atoms with van der Waals surface area (Å²) in [7, 11) is -3.80. The number of nitrogens with one attached hydrogen (secondary N) is 1. The van der Waals surface area contributed by atoms with Crippen LogP contribution in [0.3, 0.4) is 0 Å². The van der Waals surface area contributed by atoms with Gasteiger partial charge in [-0.15, -0.1) is 0 Å². The fourth-order valence-corrected chi connectivity index (χ4v) is 3.81. The third-order valence-electron chi connectivity index (χ3n) is 3.74. The molecule has 0 aliphatic heterocycles. The highest BCUT2D eigenvalue weighted by Gasteiger charge is 2.13. The van der Waals surface area contributed by atoms with E-state index in [2.05, 4.69) is 10.3 Å². The molecule has 3 aromatic rings. The predicted molar refractivity (Wildman–Crippen MR) is 111 cm³/mol. The van der Waals surface area contributed by atoms with Crippen LogP contribution in [0.15, 0.2) is 75.5 Å². The van der Waals surface area contributed by atoms with Crippen LogP contribution in [-0.2, 0) is 14.8 Å². The number of hydrogen-bond donors (Lipinski definition) is 3. The molecule has 0 saturated carbocycles. The fraction of sp³-hybridized carbons (Fsp3) is 0.0556. The third-order valence-corrected chi connectivity index (χ3v) is 5.61. The van der Waals surface area contributed by atoms with Crippen LogP contribution in [-0.4, -0.2) is 29.6 Å². The van der Waals surface area contributed by atoms with Gasteiger partial charge in [-0.3, -0.25) is 14.2 Å². The van der Waals surface area contributed by atoms with Crippen molar-refractivity contribution in [2.45, 2.75) is 10.1 Å². The highest BCUT2D eigenvalue weighted by molar-refractivity contribution is 7.99. The quantitative estimate of drug-likeness (QED) is 0.392. The van der Waals surface area contributed by atoms with Gasteiger partial charge >= 0.3 is 0 Å². The number of amides is 1. The van der Waals surface area contributed by atoms with Gasteiger partial charge in [0.2, 0.25) is 15.9 Å². The minimum absolute atomic E-state index is 0.0420. The maximum absolute atomic E-state index is 12.3. The molecule has 0 spiro atoms. The van der Waals surface area contributed by atoms with Crippen LogP contribution in [0.25, 0.3) is 5.69 Å². The SMILES string of the molecule is Nc1cc(=O)nc(SCC(=O)Nc2ccc(S(N)(=O)=O)cc2)n1-c1ccccc1. The zero-order chi connectivity index (χ0) is 21.0. The van der Waals surface area contributed by atoms with E-state index >= 15 is 0 Å². The monoisotopic (exact) mass is 431 g/mol. The Balaban J connectivity index is 1.74. The Morgan fingerprint density at radius 2 is 1.76 bits per heavy atom. The zero-order valence-corrected chi connectivity index (χ0v) is 16.6. The first-order valence-electron chi connectivity index (χ1n) is 8.24. The Kier molecular flexibility index (Phi) is 6.01. The number of carbonyl (C=O) groups is 1. The van der Waals surface area contributed by atoms with Gasteiger partial charge in [-0.2, -0.15) is 4.98 Å². The summed E-state index contributed by atoms with van der Waals surface area (Å²) in [5.74, 6) is -0.202. The van der Waals surface area contributed by atoms with Crippen LogP contribution in [0.4, 0.5) is 11.5 Å². The van der Waals surface area contributed by atoms with E-state index in [0.717, 1.165) is 11.8 Å². The van der Waals surface area contributed by atoms with E-state index in [-0.39, 0.29) is 27.5 Å². The Hall–Kier alpha value is -3.15. The molecule has 150 valence electrons. The number of nitrogens with zero attached hydrogens (tertiary/aromatic N) is 2. The molecule has 0 bridgehead atoms. The molecule has 0 fully saturated rings. The molecule has 1 aromatic heterocycles. The first kappa shape index (κ1) is 20.6. The van der Waals surface area contributed by atoms with E-state index in [9.17, 15) is 18.0 Å². The molecule has 0 aliphatic carbocycles. The number of nitrogen functional groups attached to an aromatic ring is 1. The number of benzene rings is 2. The van der Waals surface area contributed by atoms with Gasteiger partial charge in [-0.1, -0.05) is 30.0 Å². The number of primary sulfonamides is 1. The van der Waals surface area contributed by atoms with Gasteiger partial charge in [0.05, 0.1) is 10.6 Å². The standard InChI is InChI=1S/C18H17N5O4S2/c19-15-10-16(24)22-18(23(15)13-4-2-1-3-5-13)28-11-17(25)21-12-6-8-14(9-7-12)29(20,26)27/h1-10H,11,19H2,(H,21,25)(H2,20,26,27). The topological polar surface area (TPSA) is 150 Å². The Bertz CT molecular complexity index is 1190. The molecule has 11 heteroatoms. The van der Waals surface area contributed by atoms with E-state index < -0.39 is 15.6 Å². The zero-order valence-electron chi connectivity index (χ0n) is 15.0. The van der Waals surface area contributed by atoms with Crippen LogP contribution < -0.4 is 21.7 Å². The van der Waals surface area contributed by atoms with Crippen molar-refractivity contribution in [3.05, 3.63) is 71.0 Å². The number of hydrogen-bond acceptors (Lipinski definition) is 7. The first-order chi connectivity index (χ1) is 13.7. The van der Waals surface area contributed by atoms with Crippen molar-refractivity contribution in [2.24, 2.45) is 5.14 Å². The van der Waals surface area contributed by atoms with E-state index in [4.69, 9.17) is 10.9 Å². The molecule has 0 radical (unpaired) electrons. The number of sulfonamides is 1. The lowest BCUT2D eigenvalue weighted by molar-refractivity contribution is -0.113. The number of rotatable bonds is 6. The van der Waals surface area contributed by atoms with Crippen molar-refractivity contribution in [1.82, 2.24) is 9.55 Å². The Labute approximate surface area is 170 Å². The van der Waals surface area contributed by atoms with Crippen LogP contribution in [0.2, 0.25) is 0 Å². The van der Waals surface area contributed by atoms with E-state index in [1.165, 1.54) is 30.3 Å². The summed E-state index contributed by atoms with van der Waals surface area (Å²) in [6, 6.07) is 15.8. The number of anilines is 2. The second kappa shape index (κ2) is 8.47. The maximum Gasteiger partial charge on any atom is 0.275 e. The molecule has 1 amide bonds. The average Bonchev–Trinajstić information content (AvgIpc) is 2.66. The number of aromatic nitrogens is 2. The summed E-state index contributed by atoms with van der Waals surface area (Å²) in [6.07, 6.45) is 0. The minimum Gasteiger partial charge on any atom is -0.385 e. The molecule has 5 N–H and O–H groups in total. The molecule has 0 unspecified atom stereocenters. The molecule has 0 saturated heterocycles. The second-order valence-electron chi connectivity index (χ2n) is 5.88. The normalized spacial score (nSPS) is 11.2. The maximum atomic E-state index is 12.3. The number of carbonyl (C=O) groups excluding carboxylic acids is 1. The lowest BCUT2D eigenvalue weighted by atomic mass is 10.3. The van der Waals surface area contributed by atoms with Gasteiger partial charge in [0, 0.05) is 17.4 Å². The third kappa shape index (κ3) is 5.22. The molecule has 9 nitrogen and oxygen atoms in total. The average molecular weight is 431 g/mol. The molecular weight excluding hydrogens is 414 g/mol. The van der Waals surface area contributed by atoms with E-state index in [1.807, 2.05) is 18.2 Å². The van der Waals surface area contributed by atoms with Gasteiger partial charge in [0.1, 0.15) is 5.82 Å². The second-order valence-corrected chi connectivity index (χ2v) is 8.38. The first-order valence-corrected chi connectivity index (χ1v) is 10.8. The molecule has 29 heavy (non-hydrogen) atoms. The molecular formula is C18H17N5O4S2. The predicted octanol–water partition coefficient (Wildman–Crippen LogP) is 1.19. The Morgan fingerprint density at radius 3 is 2.38 bits per heavy atom. The summed E-state index contributed by atoms with van der Waals surface area (Å²) >= 11 is 1.05. The van der Waals surface area contributed by atoms with E-state index in [0.29, 0.717) is 11.4 Å². The van der Waals surface area contributed by atoms with Crippen molar-refractivity contribution >= 4 is 39.2 Å². The van der Waals surface area contributed by atoms with Crippen molar-refractivity contribution in [2.75, 3.05) is 16.8 Å². The van der Waals surface area contributed by atoms with E-state index in [1.54, 1.807) is 16.7 Å². The van der Waals surface area contributed by atoms with Crippen LogP contribution in [0.1, 0.15) is 0 Å². The number of nitrogens with two attached hydrogens (primary N) is 2. The molecule has 1 heterocycles. The summed E-state index contributed by atoms with van der Waals surface area (Å²) < 4.78 is 24.1. The Morgan fingerprint density at radius 1 is 1.10 bits per heavy atom. The van der Waals surface area contributed by atoms with Gasteiger partial charge in [0.15, 0.2) is 5.16 Å². The summed E-state index contributed by atoms with van der Waals surface area (Å²) in [5.41, 5.74) is 6.59. The molecule has 0 aliphatic rings. The number of para-hydroxylation sites is 1. The van der Waals surface area contributed by atoms with Gasteiger partial charge in [-0.05, 0) is 36.4 Å². The summed E-state index contributed by atoms with van der Waals surface area (Å²) in [4.78, 5) is 27.9. The highest BCUT2D eigenvalue weighted by Crippen LogP contribution is 2.22. The number of thioether (sulfide) groups is 1.